The Kier molecular flexibility index (Phi) is 5.49. The van der Waals surface area contributed by atoms with Gasteiger partial charge in [-0.15, -0.1) is 0 Å². The van der Waals surface area contributed by atoms with Crippen LogP contribution in [-0.2, 0) is 16.1 Å². The molecule has 0 radical (unpaired) electrons. The van der Waals surface area contributed by atoms with Crippen LogP contribution < -0.4 is 0 Å². The van der Waals surface area contributed by atoms with E-state index in [4.69, 9.17) is 4.74 Å². The van der Waals surface area contributed by atoms with Crippen LogP contribution in [0.2, 0.25) is 0 Å². The van der Waals surface area contributed by atoms with Crippen LogP contribution in [0.1, 0.15) is 12.0 Å². The number of hydrogen-bond acceptors (Lipinski definition) is 4. The van der Waals surface area contributed by atoms with Crippen molar-refractivity contribution in [1.29, 1.82) is 0 Å². The van der Waals surface area contributed by atoms with E-state index in [0.29, 0.717) is 12.5 Å². The summed E-state index contributed by atoms with van der Waals surface area (Å²) in [6.07, 6.45) is 4.65. The van der Waals surface area contributed by atoms with Crippen molar-refractivity contribution in [2.24, 2.45) is 5.92 Å². The van der Waals surface area contributed by atoms with Crippen LogP contribution in [0, 0.1) is 5.92 Å². The maximum Gasteiger partial charge on any atom is 0.236 e. The first kappa shape index (κ1) is 14.9. The molecule has 1 aliphatic rings. The van der Waals surface area contributed by atoms with Crippen LogP contribution in [0.4, 0.5) is 0 Å². The Labute approximate surface area is 120 Å². The smallest absolute Gasteiger partial charge is 0.236 e. The van der Waals surface area contributed by atoms with Gasteiger partial charge in [0, 0.05) is 45.1 Å². The number of pyridine rings is 1. The van der Waals surface area contributed by atoms with E-state index < -0.39 is 0 Å². The molecule has 0 aromatic carbocycles. The predicted octanol–water partition coefficient (Wildman–Crippen LogP) is 1.01. The number of likely N-dealkylation sites (tertiary alicyclic amines) is 1. The molecule has 2 rings (SSSR count). The topological polar surface area (TPSA) is 45.7 Å². The van der Waals surface area contributed by atoms with Crippen LogP contribution in [0.3, 0.4) is 0 Å². The zero-order valence-corrected chi connectivity index (χ0v) is 12.3. The number of carbonyl (C=O) groups excluding carboxylic acids is 1. The van der Waals surface area contributed by atoms with Crippen molar-refractivity contribution in [3.05, 3.63) is 30.1 Å². The molecule has 0 aliphatic carbocycles. The number of methoxy groups -OCH3 is 1. The molecule has 20 heavy (non-hydrogen) atoms. The summed E-state index contributed by atoms with van der Waals surface area (Å²) in [5.74, 6) is 0.697. The molecule has 0 saturated carbocycles. The molecule has 5 nitrogen and oxygen atoms in total. The Morgan fingerprint density at radius 3 is 3.15 bits per heavy atom. The lowest BCUT2D eigenvalue weighted by Gasteiger charge is -2.21. The lowest BCUT2D eigenvalue weighted by Crippen LogP contribution is -2.37. The number of aromatic nitrogens is 1. The fraction of sp³-hybridized carbons (Fsp3) is 0.600. The van der Waals surface area contributed by atoms with E-state index in [1.165, 1.54) is 0 Å². The minimum Gasteiger partial charge on any atom is -0.384 e. The van der Waals surface area contributed by atoms with Gasteiger partial charge in [-0.05, 0) is 25.1 Å². The van der Waals surface area contributed by atoms with Gasteiger partial charge in [-0.3, -0.25) is 14.7 Å². The second kappa shape index (κ2) is 7.36. The van der Waals surface area contributed by atoms with Gasteiger partial charge in [0.15, 0.2) is 0 Å². The SMILES string of the molecule is COC[C@@H]1CCN(C(=O)CN(C)Cc2cccnc2)C1. The van der Waals surface area contributed by atoms with E-state index in [1.54, 1.807) is 13.3 Å². The number of carbonyl (C=O) groups is 1. The molecule has 1 saturated heterocycles. The summed E-state index contributed by atoms with van der Waals surface area (Å²) >= 11 is 0. The van der Waals surface area contributed by atoms with Gasteiger partial charge >= 0.3 is 0 Å². The van der Waals surface area contributed by atoms with E-state index in [1.807, 2.05) is 35.2 Å². The summed E-state index contributed by atoms with van der Waals surface area (Å²) in [6.45, 7) is 3.62. The van der Waals surface area contributed by atoms with Crippen molar-refractivity contribution < 1.29 is 9.53 Å². The van der Waals surface area contributed by atoms with Crippen molar-refractivity contribution in [2.75, 3.05) is 40.4 Å². The van der Waals surface area contributed by atoms with Gasteiger partial charge in [-0.25, -0.2) is 0 Å². The van der Waals surface area contributed by atoms with E-state index >= 15 is 0 Å². The van der Waals surface area contributed by atoms with Gasteiger partial charge in [0.05, 0.1) is 13.2 Å². The summed E-state index contributed by atoms with van der Waals surface area (Å²) in [5, 5.41) is 0. The molecule has 110 valence electrons. The zero-order chi connectivity index (χ0) is 14.4. The van der Waals surface area contributed by atoms with Crippen LogP contribution in [0.25, 0.3) is 0 Å². The van der Waals surface area contributed by atoms with Gasteiger partial charge in [0.2, 0.25) is 5.91 Å². The van der Waals surface area contributed by atoms with Crippen LogP contribution in [-0.4, -0.2) is 61.1 Å². The number of hydrogen-bond donors (Lipinski definition) is 0. The molecular weight excluding hydrogens is 254 g/mol. The second-order valence-electron chi connectivity index (χ2n) is 5.48. The molecule has 0 unspecified atom stereocenters. The van der Waals surface area contributed by atoms with E-state index in [0.717, 1.165) is 38.2 Å². The zero-order valence-electron chi connectivity index (χ0n) is 12.3. The average Bonchev–Trinajstić information content (AvgIpc) is 2.89. The molecule has 1 aromatic heterocycles. The Balaban J connectivity index is 1.77. The number of amides is 1. The molecule has 1 amide bonds. The molecule has 0 spiro atoms. The largest absolute Gasteiger partial charge is 0.384 e. The Hall–Kier alpha value is -1.46. The summed E-state index contributed by atoms with van der Waals surface area (Å²) < 4.78 is 5.16. The van der Waals surface area contributed by atoms with Crippen LogP contribution in [0.15, 0.2) is 24.5 Å². The Morgan fingerprint density at radius 1 is 1.60 bits per heavy atom. The van der Waals surface area contributed by atoms with Crippen LogP contribution in [0.5, 0.6) is 0 Å². The fourth-order valence-electron chi connectivity index (χ4n) is 2.62. The summed E-state index contributed by atoms with van der Waals surface area (Å²) in [4.78, 5) is 20.3. The normalized spacial score (nSPS) is 18.8. The van der Waals surface area contributed by atoms with Crippen molar-refractivity contribution in [1.82, 2.24) is 14.8 Å². The van der Waals surface area contributed by atoms with E-state index in [-0.39, 0.29) is 5.91 Å². The number of likely N-dealkylation sites (N-methyl/N-ethyl adjacent to an activating group) is 1. The molecule has 1 aliphatic heterocycles. The van der Waals surface area contributed by atoms with Gasteiger partial charge < -0.3 is 9.64 Å². The van der Waals surface area contributed by atoms with Crippen molar-refractivity contribution in [3.8, 4) is 0 Å². The minimum absolute atomic E-state index is 0.204. The lowest BCUT2D eigenvalue weighted by molar-refractivity contribution is -0.131. The first-order chi connectivity index (χ1) is 9.69. The first-order valence-corrected chi connectivity index (χ1v) is 7.03. The van der Waals surface area contributed by atoms with Gasteiger partial charge in [-0.2, -0.15) is 0 Å². The average molecular weight is 277 g/mol. The van der Waals surface area contributed by atoms with Gasteiger partial charge in [0.25, 0.3) is 0 Å². The number of nitrogens with zero attached hydrogens (tertiary/aromatic N) is 3. The van der Waals surface area contributed by atoms with Crippen molar-refractivity contribution in [2.45, 2.75) is 13.0 Å². The molecule has 0 bridgehead atoms. The molecule has 5 heteroatoms. The minimum atomic E-state index is 0.204. The molecule has 1 aromatic rings. The highest BCUT2D eigenvalue weighted by molar-refractivity contribution is 5.78. The van der Waals surface area contributed by atoms with Gasteiger partial charge in [-0.1, -0.05) is 6.07 Å². The molecule has 1 atom stereocenters. The number of ether oxygens (including phenoxy) is 1. The summed E-state index contributed by atoms with van der Waals surface area (Å²) in [5.41, 5.74) is 1.13. The Morgan fingerprint density at radius 2 is 2.45 bits per heavy atom. The quantitative estimate of drug-likeness (QED) is 0.778. The molecular formula is C15H23N3O2. The van der Waals surface area contributed by atoms with E-state index in [9.17, 15) is 4.79 Å². The Bertz CT molecular complexity index is 424. The molecule has 0 N–H and O–H groups in total. The summed E-state index contributed by atoms with van der Waals surface area (Å²) in [6, 6.07) is 3.94. The fourth-order valence-corrected chi connectivity index (χ4v) is 2.62. The molecule has 1 fully saturated rings. The first-order valence-electron chi connectivity index (χ1n) is 7.03. The highest BCUT2D eigenvalue weighted by Gasteiger charge is 2.26. The molecule has 2 heterocycles. The third-order valence-electron chi connectivity index (χ3n) is 3.62. The second-order valence-corrected chi connectivity index (χ2v) is 5.48. The summed E-state index contributed by atoms with van der Waals surface area (Å²) in [7, 11) is 3.68. The third kappa shape index (κ3) is 4.28. The monoisotopic (exact) mass is 277 g/mol. The maximum absolute atomic E-state index is 12.2. The highest BCUT2D eigenvalue weighted by Crippen LogP contribution is 2.16. The standard InChI is InChI=1S/C15H23N3O2/c1-17(9-13-4-3-6-16-8-13)11-15(19)18-7-5-14(10-18)12-20-2/h3-4,6,8,14H,5,7,9-12H2,1-2H3/t14-/m1/s1. The van der Waals surface area contributed by atoms with Crippen molar-refractivity contribution >= 4 is 5.91 Å². The lowest BCUT2D eigenvalue weighted by atomic mass is 10.1. The van der Waals surface area contributed by atoms with Crippen molar-refractivity contribution in [3.63, 3.8) is 0 Å². The number of rotatable bonds is 6. The highest BCUT2D eigenvalue weighted by atomic mass is 16.5. The third-order valence-corrected chi connectivity index (χ3v) is 3.62. The van der Waals surface area contributed by atoms with Gasteiger partial charge in [0.1, 0.15) is 0 Å². The predicted molar refractivity (Wildman–Crippen MR) is 77.1 cm³/mol. The van der Waals surface area contributed by atoms with E-state index in [2.05, 4.69) is 4.98 Å². The van der Waals surface area contributed by atoms with Crippen LogP contribution >= 0.6 is 0 Å². The maximum atomic E-state index is 12.2.